The molecule has 3 nitrogen and oxygen atoms in total. The van der Waals surface area contributed by atoms with Crippen LogP contribution in [0.1, 0.15) is 32.3 Å². The van der Waals surface area contributed by atoms with Gasteiger partial charge in [0.05, 0.1) is 10.8 Å². The predicted molar refractivity (Wildman–Crippen MR) is 75.3 cm³/mol. The van der Waals surface area contributed by atoms with Crippen molar-refractivity contribution in [2.75, 3.05) is 7.05 Å². The van der Waals surface area contributed by atoms with E-state index in [0.717, 1.165) is 18.9 Å². The Bertz CT molecular complexity index is 533. The van der Waals surface area contributed by atoms with Crippen LogP contribution in [0.15, 0.2) is 23.1 Å². The number of hydrogen-bond donors (Lipinski definition) is 0. The van der Waals surface area contributed by atoms with Gasteiger partial charge in [0, 0.05) is 18.7 Å². The minimum Gasteiger partial charge on any atom is -0.207 e. The first-order chi connectivity index (χ1) is 8.84. The lowest BCUT2D eigenvalue weighted by Gasteiger charge is -2.24. The maximum absolute atomic E-state index is 13.3. The molecule has 1 atom stereocenters. The van der Waals surface area contributed by atoms with Crippen molar-refractivity contribution in [3.05, 3.63) is 29.6 Å². The average molecular weight is 308 g/mol. The van der Waals surface area contributed by atoms with Gasteiger partial charge in [0.25, 0.3) is 0 Å². The Kier molecular flexibility index (Phi) is 5.77. The lowest BCUT2D eigenvalue weighted by Crippen LogP contribution is -2.35. The summed E-state index contributed by atoms with van der Waals surface area (Å²) in [6, 6.07) is 3.62. The molecule has 0 bridgehead atoms. The monoisotopic (exact) mass is 307 g/mol. The van der Waals surface area contributed by atoms with Gasteiger partial charge in [0.15, 0.2) is 0 Å². The van der Waals surface area contributed by atoms with Gasteiger partial charge >= 0.3 is 0 Å². The lowest BCUT2D eigenvalue weighted by molar-refractivity contribution is 0.368. The fraction of sp³-hybridized carbons (Fsp3) is 0.538. The SMILES string of the molecule is CCCC(C)N(C)S(=O)(=O)c1ccc(F)c(CCl)c1. The van der Waals surface area contributed by atoms with Gasteiger partial charge in [-0.1, -0.05) is 13.3 Å². The Morgan fingerprint density at radius 1 is 1.42 bits per heavy atom. The molecule has 6 heteroatoms. The first kappa shape index (κ1) is 16.4. The minimum absolute atomic E-state index is 0.0522. The summed E-state index contributed by atoms with van der Waals surface area (Å²) in [5, 5.41) is 0. The molecular weight excluding hydrogens is 289 g/mol. The van der Waals surface area contributed by atoms with Crippen molar-refractivity contribution in [3.63, 3.8) is 0 Å². The number of nitrogens with zero attached hydrogens (tertiary/aromatic N) is 1. The van der Waals surface area contributed by atoms with Gasteiger partial charge in [-0.2, -0.15) is 4.31 Å². The maximum Gasteiger partial charge on any atom is 0.243 e. The third kappa shape index (κ3) is 3.68. The molecule has 0 N–H and O–H groups in total. The summed E-state index contributed by atoms with van der Waals surface area (Å²) in [6.07, 6.45) is 1.68. The van der Waals surface area contributed by atoms with Crippen molar-refractivity contribution in [2.45, 2.75) is 43.5 Å². The fourth-order valence-electron chi connectivity index (χ4n) is 1.82. The predicted octanol–water partition coefficient (Wildman–Crippen LogP) is 3.37. The van der Waals surface area contributed by atoms with Gasteiger partial charge in [-0.05, 0) is 31.5 Å². The quantitative estimate of drug-likeness (QED) is 0.756. The van der Waals surface area contributed by atoms with E-state index in [1.165, 1.54) is 16.4 Å². The zero-order valence-corrected chi connectivity index (χ0v) is 12.9. The number of rotatable bonds is 6. The summed E-state index contributed by atoms with van der Waals surface area (Å²) < 4.78 is 39.4. The smallest absolute Gasteiger partial charge is 0.207 e. The van der Waals surface area contributed by atoms with E-state index in [0.29, 0.717) is 0 Å². The highest BCUT2D eigenvalue weighted by atomic mass is 35.5. The second-order valence-electron chi connectivity index (χ2n) is 4.55. The Morgan fingerprint density at radius 3 is 2.58 bits per heavy atom. The highest BCUT2D eigenvalue weighted by Crippen LogP contribution is 2.22. The minimum atomic E-state index is -3.60. The van der Waals surface area contributed by atoms with E-state index in [1.54, 1.807) is 7.05 Å². The van der Waals surface area contributed by atoms with Crippen molar-refractivity contribution >= 4 is 21.6 Å². The maximum atomic E-state index is 13.3. The molecule has 19 heavy (non-hydrogen) atoms. The van der Waals surface area contributed by atoms with Gasteiger partial charge in [-0.25, -0.2) is 12.8 Å². The van der Waals surface area contributed by atoms with Gasteiger partial charge in [0.1, 0.15) is 5.82 Å². The van der Waals surface area contributed by atoms with E-state index < -0.39 is 15.8 Å². The third-order valence-corrected chi connectivity index (χ3v) is 5.42. The molecule has 0 aromatic heterocycles. The molecule has 1 unspecified atom stereocenters. The van der Waals surface area contributed by atoms with Crippen LogP contribution >= 0.6 is 11.6 Å². The van der Waals surface area contributed by atoms with Gasteiger partial charge < -0.3 is 0 Å². The molecule has 0 heterocycles. The Morgan fingerprint density at radius 2 is 2.05 bits per heavy atom. The van der Waals surface area contributed by atoms with Crippen LogP contribution in [0.3, 0.4) is 0 Å². The van der Waals surface area contributed by atoms with Gasteiger partial charge in [0.2, 0.25) is 10.0 Å². The second-order valence-corrected chi connectivity index (χ2v) is 6.81. The molecule has 0 saturated heterocycles. The van der Waals surface area contributed by atoms with Crippen LogP contribution in [-0.4, -0.2) is 25.8 Å². The highest BCUT2D eigenvalue weighted by Gasteiger charge is 2.25. The normalized spacial score (nSPS) is 13.8. The molecule has 1 aromatic rings. The van der Waals surface area contributed by atoms with E-state index in [-0.39, 0.29) is 22.4 Å². The van der Waals surface area contributed by atoms with Crippen molar-refractivity contribution in [3.8, 4) is 0 Å². The molecule has 0 radical (unpaired) electrons. The lowest BCUT2D eigenvalue weighted by atomic mass is 10.2. The molecule has 0 saturated carbocycles. The number of sulfonamides is 1. The Hall–Kier alpha value is -0.650. The van der Waals surface area contributed by atoms with Crippen molar-refractivity contribution in [1.29, 1.82) is 0 Å². The van der Waals surface area contributed by atoms with Crippen LogP contribution in [-0.2, 0) is 15.9 Å². The number of alkyl halides is 1. The van der Waals surface area contributed by atoms with Crippen LogP contribution in [0.25, 0.3) is 0 Å². The summed E-state index contributed by atoms with van der Waals surface area (Å²) in [5.41, 5.74) is 0.194. The van der Waals surface area contributed by atoms with E-state index in [2.05, 4.69) is 0 Å². The fourth-order valence-corrected chi connectivity index (χ4v) is 3.46. The summed E-state index contributed by atoms with van der Waals surface area (Å²) in [5.74, 6) is -0.540. The van der Waals surface area contributed by atoms with E-state index in [1.807, 2.05) is 13.8 Å². The highest BCUT2D eigenvalue weighted by molar-refractivity contribution is 7.89. The first-order valence-corrected chi connectivity index (χ1v) is 8.14. The topological polar surface area (TPSA) is 37.4 Å². The van der Waals surface area contributed by atoms with E-state index in [9.17, 15) is 12.8 Å². The van der Waals surface area contributed by atoms with Crippen molar-refractivity contribution < 1.29 is 12.8 Å². The number of benzene rings is 1. The molecule has 0 aliphatic heterocycles. The summed E-state index contributed by atoms with van der Waals surface area (Å²) in [7, 11) is -2.06. The summed E-state index contributed by atoms with van der Waals surface area (Å²) in [6.45, 7) is 3.85. The Balaban J connectivity index is 3.13. The number of hydrogen-bond acceptors (Lipinski definition) is 2. The molecule has 1 rings (SSSR count). The van der Waals surface area contributed by atoms with Crippen molar-refractivity contribution in [1.82, 2.24) is 4.31 Å². The van der Waals surface area contributed by atoms with Crippen LogP contribution < -0.4 is 0 Å². The van der Waals surface area contributed by atoms with Crippen LogP contribution in [0.5, 0.6) is 0 Å². The number of halogens is 2. The molecule has 1 aromatic carbocycles. The molecule has 108 valence electrons. The van der Waals surface area contributed by atoms with Crippen molar-refractivity contribution in [2.24, 2.45) is 0 Å². The average Bonchev–Trinajstić information content (AvgIpc) is 2.38. The van der Waals surface area contributed by atoms with Crippen LogP contribution in [0, 0.1) is 5.82 Å². The third-order valence-electron chi connectivity index (χ3n) is 3.17. The largest absolute Gasteiger partial charge is 0.243 e. The molecular formula is C13H19ClFNO2S. The molecule has 0 amide bonds. The standard InChI is InChI=1S/C13H19ClFNO2S/c1-4-5-10(2)16(3)19(17,18)12-6-7-13(15)11(8-12)9-14/h6-8,10H,4-5,9H2,1-3H3. The molecule has 0 aliphatic carbocycles. The summed E-state index contributed by atoms with van der Waals surface area (Å²) >= 11 is 5.60. The zero-order chi connectivity index (χ0) is 14.6. The van der Waals surface area contributed by atoms with Crippen LogP contribution in [0.4, 0.5) is 4.39 Å². The summed E-state index contributed by atoms with van der Waals surface area (Å²) in [4.78, 5) is 0.0787. The second kappa shape index (κ2) is 6.68. The molecule has 0 fully saturated rings. The van der Waals surface area contributed by atoms with E-state index >= 15 is 0 Å². The molecule has 0 aliphatic rings. The Labute approximate surface area is 119 Å². The zero-order valence-electron chi connectivity index (χ0n) is 11.4. The van der Waals surface area contributed by atoms with Crippen LogP contribution in [0.2, 0.25) is 0 Å². The first-order valence-electron chi connectivity index (χ1n) is 6.17. The van der Waals surface area contributed by atoms with Gasteiger partial charge in [-0.15, -0.1) is 11.6 Å². The van der Waals surface area contributed by atoms with E-state index in [4.69, 9.17) is 11.6 Å². The van der Waals surface area contributed by atoms with Gasteiger partial charge in [-0.3, -0.25) is 0 Å². The molecule has 0 spiro atoms.